The summed E-state index contributed by atoms with van der Waals surface area (Å²) in [5.41, 5.74) is 0.758. The second-order valence-electron chi connectivity index (χ2n) is 5.99. The first-order valence-electron chi connectivity index (χ1n) is 8.49. The summed E-state index contributed by atoms with van der Waals surface area (Å²) in [7, 11) is -4.42. The van der Waals surface area contributed by atoms with E-state index in [9.17, 15) is 17.8 Å². The van der Waals surface area contributed by atoms with Gasteiger partial charge < -0.3 is 9.72 Å². The molecule has 11 heteroatoms. The molecule has 0 radical (unpaired) electrons. The number of aromatic amines is 1. The fourth-order valence-electron chi connectivity index (χ4n) is 2.88. The highest BCUT2D eigenvalue weighted by molar-refractivity contribution is 7.85. The Kier molecular flexibility index (Phi) is 6.48. The van der Waals surface area contributed by atoms with Crippen LogP contribution in [0.5, 0.6) is 5.75 Å². The van der Waals surface area contributed by atoms with Gasteiger partial charge in [0.25, 0.3) is 15.7 Å². The summed E-state index contributed by atoms with van der Waals surface area (Å²) in [6.07, 6.45) is 1.46. The van der Waals surface area contributed by atoms with Crippen molar-refractivity contribution in [2.24, 2.45) is 0 Å². The maximum absolute atomic E-state index is 12.6. The molecule has 0 amide bonds. The Labute approximate surface area is 167 Å². The second kappa shape index (κ2) is 8.29. The van der Waals surface area contributed by atoms with Crippen LogP contribution in [0, 0.1) is 6.92 Å². The van der Waals surface area contributed by atoms with Crippen LogP contribution in [-0.4, -0.2) is 39.2 Å². The molecular weight excluding hydrogens is 408 g/mol. The van der Waals surface area contributed by atoms with Crippen LogP contribution in [0.1, 0.15) is 31.8 Å². The Morgan fingerprint density at radius 3 is 2.61 bits per heavy atom. The number of ether oxygens (including phenoxy) is 1. The lowest BCUT2D eigenvalue weighted by Crippen LogP contribution is -2.16. The molecule has 1 aromatic carbocycles. The van der Waals surface area contributed by atoms with Gasteiger partial charge >= 0.3 is 0 Å². The third-order valence-corrected chi connectivity index (χ3v) is 4.87. The normalized spacial score (nSPS) is 11.4. The van der Waals surface area contributed by atoms with E-state index in [1.54, 1.807) is 13.8 Å². The van der Waals surface area contributed by atoms with Crippen molar-refractivity contribution in [2.75, 3.05) is 6.61 Å². The number of aromatic nitrogens is 4. The maximum Gasteiger partial charge on any atom is 0.294 e. The third kappa shape index (κ3) is 4.03. The minimum Gasteiger partial charge on any atom is -0.493 e. The number of halogens is 1. The molecule has 0 aliphatic carbocycles. The van der Waals surface area contributed by atoms with E-state index < -0.39 is 15.7 Å². The molecule has 0 bridgehead atoms. The number of imidazole rings is 1. The van der Waals surface area contributed by atoms with E-state index in [4.69, 9.17) is 4.74 Å². The van der Waals surface area contributed by atoms with Gasteiger partial charge in [-0.15, -0.1) is 17.5 Å². The van der Waals surface area contributed by atoms with Gasteiger partial charge in [0.1, 0.15) is 11.6 Å². The van der Waals surface area contributed by atoms with E-state index in [0.717, 1.165) is 6.42 Å². The Balaban J connectivity index is 0.00000280. The molecule has 0 fully saturated rings. The van der Waals surface area contributed by atoms with Gasteiger partial charge in [0.15, 0.2) is 11.3 Å². The highest BCUT2D eigenvalue weighted by atomic mass is 35.5. The number of hydrogen-bond acceptors (Lipinski definition) is 6. The molecule has 0 saturated carbocycles. The molecule has 0 aliphatic rings. The minimum atomic E-state index is -4.42. The first-order valence-corrected chi connectivity index (χ1v) is 9.93. The molecule has 0 atom stereocenters. The molecule has 9 nitrogen and oxygen atoms in total. The van der Waals surface area contributed by atoms with E-state index in [1.165, 1.54) is 22.7 Å². The molecule has 2 N–H and O–H groups in total. The van der Waals surface area contributed by atoms with Crippen LogP contribution in [-0.2, 0) is 16.5 Å². The van der Waals surface area contributed by atoms with E-state index in [-0.39, 0.29) is 28.7 Å². The van der Waals surface area contributed by atoms with Crippen molar-refractivity contribution < 1.29 is 17.7 Å². The number of rotatable bonds is 6. The molecule has 2 heterocycles. The zero-order valence-corrected chi connectivity index (χ0v) is 17.2. The topological polar surface area (TPSA) is 127 Å². The first kappa shape index (κ1) is 21.9. The zero-order chi connectivity index (χ0) is 19.8. The summed E-state index contributed by atoms with van der Waals surface area (Å²) in [5.74, 6) is 1.10. The summed E-state index contributed by atoms with van der Waals surface area (Å²) < 4.78 is 39.4. The van der Waals surface area contributed by atoms with E-state index in [0.29, 0.717) is 35.8 Å². The van der Waals surface area contributed by atoms with Crippen molar-refractivity contribution in [3.8, 4) is 17.1 Å². The van der Waals surface area contributed by atoms with Crippen molar-refractivity contribution in [1.82, 2.24) is 19.6 Å². The monoisotopic (exact) mass is 428 g/mol. The van der Waals surface area contributed by atoms with Crippen molar-refractivity contribution >= 4 is 28.0 Å². The van der Waals surface area contributed by atoms with Crippen LogP contribution in [0.15, 0.2) is 27.9 Å². The summed E-state index contributed by atoms with van der Waals surface area (Å²) in [4.78, 5) is 19.3. The van der Waals surface area contributed by atoms with Gasteiger partial charge in [-0.2, -0.15) is 8.42 Å². The number of benzene rings is 1. The zero-order valence-electron chi connectivity index (χ0n) is 15.6. The Morgan fingerprint density at radius 2 is 2.00 bits per heavy atom. The number of hydrogen-bond donors (Lipinski definition) is 2. The van der Waals surface area contributed by atoms with Gasteiger partial charge in [-0.3, -0.25) is 9.35 Å². The van der Waals surface area contributed by atoms with Crippen LogP contribution >= 0.6 is 12.4 Å². The van der Waals surface area contributed by atoms with Crippen molar-refractivity contribution in [2.45, 2.75) is 38.5 Å². The Hall–Kier alpha value is -2.43. The number of aryl methyl sites for hydroxylation is 2. The van der Waals surface area contributed by atoms with Gasteiger partial charge in [-0.25, -0.2) is 9.50 Å². The van der Waals surface area contributed by atoms with Crippen LogP contribution in [0.4, 0.5) is 0 Å². The largest absolute Gasteiger partial charge is 0.493 e. The second-order valence-corrected chi connectivity index (χ2v) is 7.41. The Bertz CT molecular complexity index is 1170. The van der Waals surface area contributed by atoms with Crippen molar-refractivity contribution in [1.29, 1.82) is 0 Å². The molecule has 0 unspecified atom stereocenters. The maximum atomic E-state index is 12.6. The predicted molar refractivity (Wildman–Crippen MR) is 106 cm³/mol. The number of nitrogens with zero attached hydrogens (tertiary/aromatic N) is 3. The highest BCUT2D eigenvalue weighted by Crippen LogP contribution is 2.30. The van der Waals surface area contributed by atoms with Gasteiger partial charge in [0, 0.05) is 6.42 Å². The van der Waals surface area contributed by atoms with Gasteiger partial charge in [-0.05, 0) is 38.5 Å². The van der Waals surface area contributed by atoms with E-state index in [2.05, 4.69) is 15.1 Å². The molecule has 152 valence electrons. The van der Waals surface area contributed by atoms with Crippen LogP contribution in [0.2, 0.25) is 0 Å². The lowest BCUT2D eigenvalue weighted by Gasteiger charge is -2.11. The van der Waals surface area contributed by atoms with Gasteiger partial charge in [0.2, 0.25) is 0 Å². The quantitative estimate of drug-likeness (QED) is 0.577. The molecule has 0 saturated heterocycles. The fourth-order valence-corrected chi connectivity index (χ4v) is 3.39. The third-order valence-electron chi connectivity index (χ3n) is 4.02. The summed E-state index contributed by atoms with van der Waals surface area (Å²) in [6.45, 7) is 5.83. The molecule has 0 aliphatic heterocycles. The minimum absolute atomic E-state index is 0. The van der Waals surface area contributed by atoms with E-state index >= 15 is 0 Å². The average molecular weight is 429 g/mol. The van der Waals surface area contributed by atoms with Crippen LogP contribution < -0.4 is 10.3 Å². The molecule has 28 heavy (non-hydrogen) atoms. The SMILES string of the molecule is CCCc1nc(C)c2c(=O)[nH]c(-c3cc(S(=O)(=O)O)ccc3OCC)nn12.Cl. The number of nitrogens with one attached hydrogen (secondary N) is 1. The molecule has 0 spiro atoms. The van der Waals surface area contributed by atoms with E-state index in [1.807, 2.05) is 6.92 Å². The summed E-state index contributed by atoms with van der Waals surface area (Å²) >= 11 is 0. The average Bonchev–Trinajstić information content (AvgIpc) is 2.91. The highest BCUT2D eigenvalue weighted by Gasteiger charge is 2.19. The summed E-state index contributed by atoms with van der Waals surface area (Å²) in [5, 5.41) is 4.45. The number of H-pyrrole nitrogens is 1. The smallest absolute Gasteiger partial charge is 0.294 e. The fraction of sp³-hybridized carbons (Fsp3) is 0.353. The van der Waals surface area contributed by atoms with Crippen LogP contribution in [0.25, 0.3) is 16.9 Å². The molecule has 3 aromatic rings. The van der Waals surface area contributed by atoms with Gasteiger partial charge in [-0.1, -0.05) is 6.92 Å². The van der Waals surface area contributed by atoms with Crippen molar-refractivity contribution in [3.05, 3.63) is 40.1 Å². The lowest BCUT2D eigenvalue weighted by atomic mass is 10.2. The predicted octanol–water partition coefficient (Wildman–Crippen LogP) is 2.41. The lowest BCUT2D eigenvalue weighted by molar-refractivity contribution is 0.341. The number of fused-ring (bicyclic) bond motifs is 1. The Morgan fingerprint density at radius 1 is 1.29 bits per heavy atom. The molecule has 2 aromatic heterocycles. The molecular formula is C17H21ClN4O5S. The first-order chi connectivity index (χ1) is 12.8. The summed E-state index contributed by atoms with van der Waals surface area (Å²) in [6, 6.07) is 3.86. The molecule has 3 rings (SSSR count). The van der Waals surface area contributed by atoms with Crippen molar-refractivity contribution in [3.63, 3.8) is 0 Å². The van der Waals surface area contributed by atoms with Gasteiger partial charge in [0.05, 0.1) is 22.8 Å². The standard InChI is InChI=1S/C17H20N4O5S.ClH/c1-4-6-14-18-10(3)15-17(22)19-16(20-21(14)15)12-9-11(27(23,24)25)7-8-13(12)26-5-2;/h7-9H,4-6H2,1-3H3,(H,19,20,22)(H,23,24,25);1H. The van der Waals surface area contributed by atoms with Crippen LogP contribution in [0.3, 0.4) is 0 Å².